The van der Waals surface area contributed by atoms with Crippen LogP contribution in [0.5, 0.6) is 0 Å². The molecule has 0 aromatic heterocycles. The second-order valence-electron chi connectivity index (χ2n) is 3.40. The molecule has 0 radical (unpaired) electrons. The van der Waals surface area contributed by atoms with Gasteiger partial charge in [-0.2, -0.15) is 0 Å². The second-order valence-corrected chi connectivity index (χ2v) is 3.40. The van der Waals surface area contributed by atoms with Gasteiger partial charge in [0.2, 0.25) is 5.91 Å². The van der Waals surface area contributed by atoms with Crippen LogP contribution in [0.1, 0.15) is 25.5 Å². The van der Waals surface area contributed by atoms with Gasteiger partial charge in [-0.05, 0) is 19.4 Å². The molecule has 3 heteroatoms. The fraction of sp³-hybridized carbons (Fsp3) is 0.417. The molecule has 15 heavy (non-hydrogen) atoms. The lowest BCUT2D eigenvalue weighted by atomic mass is 10.1. The first-order valence-corrected chi connectivity index (χ1v) is 5.30. The second kappa shape index (κ2) is 5.51. The van der Waals surface area contributed by atoms with Gasteiger partial charge in [-0.25, -0.2) is 0 Å². The first-order chi connectivity index (χ1) is 7.20. The van der Waals surface area contributed by atoms with Gasteiger partial charge in [0.15, 0.2) is 0 Å². The smallest absolute Gasteiger partial charge is 0.244 e. The maximum absolute atomic E-state index is 11.9. The van der Waals surface area contributed by atoms with Crippen LogP contribution in [0.4, 0.5) is 0 Å². The summed E-state index contributed by atoms with van der Waals surface area (Å²) in [5.41, 5.74) is 6.77. The van der Waals surface area contributed by atoms with Crippen LogP contribution >= 0.6 is 0 Å². The summed E-state index contributed by atoms with van der Waals surface area (Å²) in [5, 5.41) is 0. The highest BCUT2D eigenvalue weighted by molar-refractivity contribution is 5.83. The fourth-order valence-electron chi connectivity index (χ4n) is 1.53. The van der Waals surface area contributed by atoms with E-state index in [1.807, 2.05) is 44.2 Å². The molecule has 1 aromatic rings. The van der Waals surface area contributed by atoms with Gasteiger partial charge in [0.25, 0.3) is 0 Å². The Balaban J connectivity index is 2.76. The van der Waals surface area contributed by atoms with Crippen molar-refractivity contribution in [3.63, 3.8) is 0 Å². The summed E-state index contributed by atoms with van der Waals surface area (Å²) in [6.07, 6.45) is 0. The minimum Gasteiger partial charge on any atom is -0.342 e. The van der Waals surface area contributed by atoms with Crippen LogP contribution in [0.2, 0.25) is 0 Å². The Bertz CT molecular complexity index is 307. The third-order valence-electron chi connectivity index (χ3n) is 2.50. The summed E-state index contributed by atoms with van der Waals surface area (Å²) < 4.78 is 0. The summed E-state index contributed by atoms with van der Waals surface area (Å²) in [7, 11) is 0. The van der Waals surface area contributed by atoms with E-state index in [0.717, 1.165) is 5.56 Å². The molecule has 0 saturated carbocycles. The molecule has 2 N–H and O–H groups in total. The van der Waals surface area contributed by atoms with Crippen LogP contribution in [0.15, 0.2) is 30.3 Å². The first-order valence-electron chi connectivity index (χ1n) is 5.30. The molecule has 0 saturated heterocycles. The average molecular weight is 206 g/mol. The lowest BCUT2D eigenvalue weighted by Gasteiger charge is -2.22. The molecular formula is C12H18N2O. The monoisotopic (exact) mass is 206 g/mol. The van der Waals surface area contributed by atoms with Crippen molar-refractivity contribution >= 4 is 5.91 Å². The molecule has 0 aliphatic heterocycles. The summed E-state index contributed by atoms with van der Waals surface area (Å²) in [6, 6.07) is 8.93. The number of likely N-dealkylation sites (N-methyl/N-ethyl adjacent to an activating group) is 1. The Morgan fingerprint density at radius 3 is 2.27 bits per heavy atom. The molecule has 1 atom stereocenters. The number of benzene rings is 1. The quantitative estimate of drug-likeness (QED) is 0.812. The molecule has 1 amide bonds. The molecule has 0 spiro atoms. The number of hydrogen-bond acceptors (Lipinski definition) is 2. The van der Waals surface area contributed by atoms with Crippen LogP contribution in [-0.4, -0.2) is 23.9 Å². The minimum atomic E-state index is -0.536. The third-order valence-corrected chi connectivity index (χ3v) is 2.50. The van der Waals surface area contributed by atoms with E-state index in [1.54, 1.807) is 4.90 Å². The number of carbonyl (C=O) groups is 1. The van der Waals surface area contributed by atoms with Gasteiger partial charge in [-0.15, -0.1) is 0 Å². The largest absolute Gasteiger partial charge is 0.342 e. The molecule has 3 nitrogen and oxygen atoms in total. The minimum absolute atomic E-state index is 0.00815. The molecule has 0 fully saturated rings. The van der Waals surface area contributed by atoms with Crippen LogP contribution in [0, 0.1) is 0 Å². The van der Waals surface area contributed by atoms with Crippen molar-refractivity contribution in [1.82, 2.24) is 4.90 Å². The number of rotatable bonds is 4. The highest BCUT2D eigenvalue weighted by Gasteiger charge is 2.19. The van der Waals surface area contributed by atoms with Crippen LogP contribution in [-0.2, 0) is 4.79 Å². The van der Waals surface area contributed by atoms with E-state index in [-0.39, 0.29) is 5.91 Å². The van der Waals surface area contributed by atoms with E-state index in [1.165, 1.54) is 0 Å². The Hall–Kier alpha value is -1.35. The number of hydrogen-bond donors (Lipinski definition) is 1. The van der Waals surface area contributed by atoms with Crippen molar-refractivity contribution in [1.29, 1.82) is 0 Å². The molecule has 1 aromatic carbocycles. The Labute approximate surface area is 90.9 Å². The zero-order valence-electron chi connectivity index (χ0n) is 9.31. The van der Waals surface area contributed by atoms with Crippen LogP contribution in [0.25, 0.3) is 0 Å². The summed E-state index contributed by atoms with van der Waals surface area (Å²) >= 11 is 0. The molecule has 0 aliphatic rings. The van der Waals surface area contributed by atoms with Crippen molar-refractivity contribution in [2.75, 3.05) is 13.1 Å². The number of amides is 1. The van der Waals surface area contributed by atoms with Crippen molar-refractivity contribution in [3.05, 3.63) is 35.9 Å². The Morgan fingerprint density at radius 2 is 1.80 bits per heavy atom. The van der Waals surface area contributed by atoms with Crippen LogP contribution in [0.3, 0.4) is 0 Å². The zero-order chi connectivity index (χ0) is 11.3. The van der Waals surface area contributed by atoms with Gasteiger partial charge in [0, 0.05) is 13.1 Å². The van der Waals surface area contributed by atoms with Gasteiger partial charge < -0.3 is 10.6 Å². The van der Waals surface area contributed by atoms with Crippen molar-refractivity contribution in [2.24, 2.45) is 5.73 Å². The Morgan fingerprint density at radius 1 is 1.27 bits per heavy atom. The van der Waals surface area contributed by atoms with Crippen molar-refractivity contribution < 1.29 is 4.79 Å². The van der Waals surface area contributed by atoms with E-state index in [9.17, 15) is 4.79 Å². The maximum atomic E-state index is 11.9. The number of nitrogens with two attached hydrogens (primary N) is 1. The number of nitrogens with zero attached hydrogens (tertiary/aromatic N) is 1. The average Bonchev–Trinajstić information content (AvgIpc) is 2.30. The standard InChI is InChI=1S/C12H18N2O/c1-3-14(4-2)12(15)11(13)10-8-6-5-7-9-10/h5-9,11H,3-4,13H2,1-2H3/t11-/m1/s1. The van der Waals surface area contributed by atoms with Crippen molar-refractivity contribution in [3.8, 4) is 0 Å². The van der Waals surface area contributed by atoms with E-state index in [4.69, 9.17) is 5.73 Å². The molecule has 0 unspecified atom stereocenters. The summed E-state index contributed by atoms with van der Waals surface area (Å²) in [5.74, 6) is -0.00815. The topological polar surface area (TPSA) is 46.3 Å². The molecule has 82 valence electrons. The molecule has 0 bridgehead atoms. The summed E-state index contributed by atoms with van der Waals surface area (Å²) in [6.45, 7) is 5.32. The van der Waals surface area contributed by atoms with Gasteiger partial charge >= 0.3 is 0 Å². The molecular weight excluding hydrogens is 188 g/mol. The lowest BCUT2D eigenvalue weighted by molar-refractivity contribution is -0.132. The first kappa shape index (κ1) is 11.7. The van der Waals surface area contributed by atoms with Gasteiger partial charge in [0.1, 0.15) is 6.04 Å². The van der Waals surface area contributed by atoms with Crippen LogP contribution < -0.4 is 5.73 Å². The van der Waals surface area contributed by atoms with Gasteiger partial charge in [-0.1, -0.05) is 30.3 Å². The predicted octanol–water partition coefficient (Wildman–Crippen LogP) is 1.55. The maximum Gasteiger partial charge on any atom is 0.244 e. The SMILES string of the molecule is CCN(CC)C(=O)[C@H](N)c1ccccc1. The fourth-order valence-corrected chi connectivity index (χ4v) is 1.53. The molecule has 1 rings (SSSR count). The van der Waals surface area contributed by atoms with Gasteiger partial charge in [0.05, 0.1) is 0 Å². The number of carbonyl (C=O) groups excluding carboxylic acids is 1. The van der Waals surface area contributed by atoms with E-state index in [2.05, 4.69) is 0 Å². The third kappa shape index (κ3) is 2.80. The van der Waals surface area contributed by atoms with Crippen molar-refractivity contribution in [2.45, 2.75) is 19.9 Å². The van der Waals surface area contributed by atoms with Gasteiger partial charge in [-0.3, -0.25) is 4.79 Å². The van der Waals surface area contributed by atoms with E-state index < -0.39 is 6.04 Å². The zero-order valence-corrected chi connectivity index (χ0v) is 9.31. The summed E-state index contributed by atoms with van der Waals surface area (Å²) in [4.78, 5) is 13.7. The highest BCUT2D eigenvalue weighted by atomic mass is 16.2. The molecule has 0 heterocycles. The Kier molecular flexibility index (Phi) is 4.31. The highest BCUT2D eigenvalue weighted by Crippen LogP contribution is 2.12. The lowest BCUT2D eigenvalue weighted by Crippen LogP contribution is -2.38. The molecule has 0 aliphatic carbocycles. The normalized spacial score (nSPS) is 12.2. The van der Waals surface area contributed by atoms with E-state index >= 15 is 0 Å². The predicted molar refractivity (Wildman–Crippen MR) is 61.3 cm³/mol. The van der Waals surface area contributed by atoms with E-state index in [0.29, 0.717) is 13.1 Å².